The summed E-state index contributed by atoms with van der Waals surface area (Å²) in [6.07, 6.45) is 0.269. The first-order chi connectivity index (χ1) is 8.54. The van der Waals surface area contributed by atoms with E-state index in [1.165, 1.54) is 18.7 Å². The minimum atomic E-state index is -1.05. The van der Waals surface area contributed by atoms with Gasteiger partial charge in [0.05, 0.1) is 0 Å². The number of carboxylic acids is 1. The van der Waals surface area contributed by atoms with Crippen LogP contribution < -0.4 is 5.32 Å². The van der Waals surface area contributed by atoms with E-state index < -0.39 is 12.0 Å². The van der Waals surface area contributed by atoms with E-state index in [9.17, 15) is 14.4 Å². The quantitative estimate of drug-likeness (QED) is 0.751. The molecule has 0 rings (SSSR count). The number of nitrogens with zero attached hydrogens (tertiary/aromatic N) is 1. The van der Waals surface area contributed by atoms with Gasteiger partial charge in [0.25, 0.3) is 0 Å². The van der Waals surface area contributed by atoms with Crippen LogP contribution in [0.5, 0.6) is 0 Å². The van der Waals surface area contributed by atoms with Crippen LogP contribution in [0.15, 0.2) is 0 Å². The average molecular weight is 272 g/mol. The monoisotopic (exact) mass is 272 g/mol. The average Bonchev–Trinajstić information content (AvgIpc) is 2.20. The van der Waals surface area contributed by atoms with Crippen LogP contribution in [-0.2, 0) is 14.4 Å². The van der Waals surface area contributed by atoms with Crippen LogP contribution in [0.1, 0.15) is 41.0 Å². The highest BCUT2D eigenvalue weighted by molar-refractivity contribution is 5.83. The molecule has 0 aliphatic carbocycles. The summed E-state index contributed by atoms with van der Waals surface area (Å²) in [5, 5.41) is 11.6. The standard InChI is InChI=1S/C13H24N2O4/c1-9(12(18)19)15(7-6-14-10(2)16)11(17)8-13(3,4)5/h9H,6-8H2,1-5H3,(H,14,16)(H,18,19). The zero-order valence-electron chi connectivity index (χ0n) is 12.3. The molecule has 0 saturated heterocycles. The molecule has 1 atom stereocenters. The highest BCUT2D eigenvalue weighted by Gasteiger charge is 2.28. The van der Waals surface area contributed by atoms with E-state index >= 15 is 0 Å². The molecule has 2 N–H and O–H groups in total. The fourth-order valence-electron chi connectivity index (χ4n) is 1.58. The summed E-state index contributed by atoms with van der Waals surface area (Å²) < 4.78 is 0. The molecule has 0 aliphatic rings. The van der Waals surface area contributed by atoms with Crippen LogP contribution >= 0.6 is 0 Å². The molecule has 0 aromatic heterocycles. The van der Waals surface area contributed by atoms with Crippen LogP contribution in [0.25, 0.3) is 0 Å². The number of carbonyl (C=O) groups excluding carboxylic acids is 2. The van der Waals surface area contributed by atoms with Crippen molar-refractivity contribution in [2.75, 3.05) is 13.1 Å². The Morgan fingerprint density at radius 2 is 1.79 bits per heavy atom. The lowest BCUT2D eigenvalue weighted by Crippen LogP contribution is -2.47. The van der Waals surface area contributed by atoms with Gasteiger partial charge in [0.2, 0.25) is 11.8 Å². The van der Waals surface area contributed by atoms with Crippen LogP contribution in [0.4, 0.5) is 0 Å². The zero-order chi connectivity index (χ0) is 15.2. The lowest BCUT2D eigenvalue weighted by atomic mass is 9.91. The van der Waals surface area contributed by atoms with Gasteiger partial charge in [-0.3, -0.25) is 9.59 Å². The minimum absolute atomic E-state index is 0.196. The largest absolute Gasteiger partial charge is 0.480 e. The van der Waals surface area contributed by atoms with Crippen LogP contribution in [0.3, 0.4) is 0 Å². The van der Waals surface area contributed by atoms with Gasteiger partial charge in [0.15, 0.2) is 0 Å². The molecule has 0 bridgehead atoms. The molecule has 0 aromatic rings. The second kappa shape index (κ2) is 7.11. The maximum Gasteiger partial charge on any atom is 0.326 e. The van der Waals surface area contributed by atoms with E-state index in [0.29, 0.717) is 0 Å². The summed E-state index contributed by atoms with van der Waals surface area (Å²) in [7, 11) is 0. The molecule has 0 heterocycles. The Morgan fingerprint density at radius 1 is 1.26 bits per heavy atom. The van der Waals surface area contributed by atoms with Gasteiger partial charge >= 0.3 is 5.97 Å². The molecular weight excluding hydrogens is 248 g/mol. The Morgan fingerprint density at radius 3 is 2.16 bits per heavy atom. The van der Waals surface area contributed by atoms with Crippen molar-refractivity contribution >= 4 is 17.8 Å². The van der Waals surface area contributed by atoms with Crippen molar-refractivity contribution in [1.29, 1.82) is 0 Å². The van der Waals surface area contributed by atoms with Gasteiger partial charge in [-0.15, -0.1) is 0 Å². The molecule has 2 amide bonds. The maximum absolute atomic E-state index is 12.1. The third-order valence-corrected chi connectivity index (χ3v) is 2.55. The lowest BCUT2D eigenvalue weighted by molar-refractivity contribution is -0.150. The number of hydrogen-bond acceptors (Lipinski definition) is 3. The van der Waals surface area contributed by atoms with Gasteiger partial charge in [-0.1, -0.05) is 20.8 Å². The SMILES string of the molecule is CC(=O)NCCN(C(=O)CC(C)(C)C)C(C)C(=O)O. The molecule has 0 radical (unpaired) electrons. The smallest absolute Gasteiger partial charge is 0.326 e. The van der Waals surface area contributed by atoms with Crippen molar-refractivity contribution in [2.45, 2.75) is 47.1 Å². The van der Waals surface area contributed by atoms with Gasteiger partial charge < -0.3 is 15.3 Å². The van der Waals surface area contributed by atoms with E-state index in [1.54, 1.807) is 0 Å². The van der Waals surface area contributed by atoms with Crippen LogP contribution in [0.2, 0.25) is 0 Å². The first kappa shape index (κ1) is 17.4. The molecule has 0 saturated carbocycles. The first-order valence-electron chi connectivity index (χ1n) is 6.31. The van der Waals surface area contributed by atoms with Crippen molar-refractivity contribution in [3.8, 4) is 0 Å². The van der Waals surface area contributed by atoms with Crippen LogP contribution in [-0.4, -0.2) is 46.9 Å². The van der Waals surface area contributed by atoms with Crippen LogP contribution in [0, 0.1) is 5.41 Å². The van der Waals surface area contributed by atoms with Crippen molar-refractivity contribution < 1.29 is 19.5 Å². The summed E-state index contributed by atoms with van der Waals surface area (Å²) in [5.74, 6) is -1.47. The molecule has 0 fully saturated rings. The Labute approximate surface area is 114 Å². The summed E-state index contributed by atoms with van der Waals surface area (Å²) in [6, 6.07) is -0.899. The topological polar surface area (TPSA) is 86.7 Å². The van der Waals surface area contributed by atoms with Gasteiger partial charge in [-0.25, -0.2) is 4.79 Å². The van der Waals surface area contributed by atoms with Crippen molar-refractivity contribution in [3.63, 3.8) is 0 Å². The molecule has 0 aliphatic heterocycles. The minimum Gasteiger partial charge on any atom is -0.480 e. The van der Waals surface area contributed by atoms with E-state index in [4.69, 9.17) is 5.11 Å². The first-order valence-corrected chi connectivity index (χ1v) is 6.31. The number of aliphatic carboxylic acids is 1. The second-order valence-electron chi connectivity index (χ2n) is 5.82. The molecule has 19 heavy (non-hydrogen) atoms. The third kappa shape index (κ3) is 7.43. The number of nitrogens with one attached hydrogen (secondary N) is 1. The predicted molar refractivity (Wildman–Crippen MR) is 71.6 cm³/mol. The number of hydrogen-bond donors (Lipinski definition) is 2. The van der Waals surface area contributed by atoms with E-state index in [2.05, 4.69) is 5.32 Å². The van der Waals surface area contributed by atoms with Crippen molar-refractivity contribution in [1.82, 2.24) is 10.2 Å². The number of amides is 2. The van der Waals surface area contributed by atoms with Crippen molar-refractivity contribution in [3.05, 3.63) is 0 Å². The Hall–Kier alpha value is -1.59. The highest BCUT2D eigenvalue weighted by atomic mass is 16.4. The van der Waals surface area contributed by atoms with Gasteiger partial charge in [0, 0.05) is 26.4 Å². The summed E-state index contributed by atoms with van der Waals surface area (Å²) in [5.41, 5.74) is -0.207. The Bertz CT molecular complexity index is 347. The fraction of sp³-hybridized carbons (Fsp3) is 0.769. The Balaban J connectivity index is 4.71. The summed E-state index contributed by atoms with van der Waals surface area (Å²) in [6.45, 7) is 9.05. The van der Waals surface area contributed by atoms with Gasteiger partial charge in [-0.2, -0.15) is 0 Å². The summed E-state index contributed by atoms with van der Waals surface area (Å²) >= 11 is 0. The molecule has 1 unspecified atom stereocenters. The Kier molecular flexibility index (Phi) is 6.52. The molecular formula is C13H24N2O4. The third-order valence-electron chi connectivity index (χ3n) is 2.55. The zero-order valence-corrected chi connectivity index (χ0v) is 12.3. The number of carboxylic acid groups (broad SMARTS) is 1. The fourth-order valence-corrected chi connectivity index (χ4v) is 1.58. The van der Waals surface area contributed by atoms with Gasteiger partial charge in [0.1, 0.15) is 6.04 Å². The summed E-state index contributed by atoms with van der Waals surface area (Å²) in [4.78, 5) is 35.2. The number of carbonyl (C=O) groups is 3. The second-order valence-corrected chi connectivity index (χ2v) is 5.82. The molecule has 0 aromatic carbocycles. The highest BCUT2D eigenvalue weighted by Crippen LogP contribution is 2.20. The van der Waals surface area contributed by atoms with Crippen molar-refractivity contribution in [2.24, 2.45) is 5.41 Å². The van der Waals surface area contributed by atoms with E-state index in [0.717, 1.165) is 0 Å². The molecule has 6 heteroatoms. The molecule has 0 spiro atoms. The van der Waals surface area contributed by atoms with E-state index in [-0.39, 0.29) is 36.7 Å². The normalized spacial score (nSPS) is 12.7. The predicted octanol–water partition coefficient (Wildman–Crippen LogP) is 0.860. The van der Waals surface area contributed by atoms with Gasteiger partial charge in [-0.05, 0) is 12.3 Å². The maximum atomic E-state index is 12.1. The molecule has 6 nitrogen and oxygen atoms in total. The van der Waals surface area contributed by atoms with E-state index in [1.807, 2.05) is 20.8 Å². The lowest BCUT2D eigenvalue weighted by Gasteiger charge is -2.29. The number of rotatable bonds is 6. The molecule has 110 valence electrons.